The van der Waals surface area contributed by atoms with E-state index in [9.17, 15) is 17.1 Å². The molecule has 2 heterocycles. The van der Waals surface area contributed by atoms with Gasteiger partial charge in [-0.2, -0.15) is 8.42 Å². The molecule has 0 aliphatic carbocycles. The highest BCUT2D eigenvalue weighted by Gasteiger charge is 2.33. The summed E-state index contributed by atoms with van der Waals surface area (Å²) >= 11 is 0. The topological polar surface area (TPSA) is 98.1 Å². The molecule has 10 heteroatoms. The SMILES string of the molecule is O=C1CC(CS(=O)(=O)F)CN1c1cccc(-n2cnnn2)c1. The molecule has 0 radical (unpaired) electrons. The second-order valence-electron chi connectivity index (χ2n) is 5.05. The summed E-state index contributed by atoms with van der Waals surface area (Å²) in [6.07, 6.45) is 1.43. The highest BCUT2D eigenvalue weighted by Crippen LogP contribution is 2.27. The number of carbonyl (C=O) groups excluding carboxylic acids is 1. The zero-order chi connectivity index (χ0) is 15.7. The van der Waals surface area contributed by atoms with Gasteiger partial charge in [-0.3, -0.25) is 4.79 Å². The molecule has 0 saturated carbocycles. The number of aromatic nitrogens is 4. The molecule has 0 bridgehead atoms. The van der Waals surface area contributed by atoms with E-state index in [4.69, 9.17) is 0 Å². The van der Waals surface area contributed by atoms with Gasteiger partial charge in [0.15, 0.2) is 0 Å². The summed E-state index contributed by atoms with van der Waals surface area (Å²) in [4.78, 5) is 13.5. The number of amides is 1. The van der Waals surface area contributed by atoms with Gasteiger partial charge in [-0.05, 0) is 28.6 Å². The fraction of sp³-hybridized carbons (Fsp3) is 0.333. The van der Waals surface area contributed by atoms with E-state index in [-0.39, 0.29) is 18.9 Å². The Morgan fingerprint density at radius 1 is 1.32 bits per heavy atom. The fourth-order valence-corrected chi connectivity index (χ4v) is 3.29. The maximum Gasteiger partial charge on any atom is 0.302 e. The fourth-order valence-electron chi connectivity index (χ4n) is 2.51. The van der Waals surface area contributed by atoms with E-state index in [0.29, 0.717) is 11.4 Å². The summed E-state index contributed by atoms with van der Waals surface area (Å²) in [7, 11) is -4.59. The van der Waals surface area contributed by atoms with Gasteiger partial charge >= 0.3 is 10.2 Å². The molecule has 1 aliphatic rings. The number of nitrogens with zero attached hydrogens (tertiary/aromatic N) is 5. The van der Waals surface area contributed by atoms with E-state index in [0.717, 1.165) is 0 Å². The monoisotopic (exact) mass is 325 g/mol. The Morgan fingerprint density at radius 2 is 2.09 bits per heavy atom. The third kappa shape index (κ3) is 3.11. The number of rotatable bonds is 4. The van der Waals surface area contributed by atoms with Gasteiger partial charge in [-0.15, -0.1) is 8.98 Å². The summed E-state index contributed by atoms with van der Waals surface area (Å²) in [5.41, 5.74) is 1.26. The largest absolute Gasteiger partial charge is 0.312 e. The van der Waals surface area contributed by atoms with Gasteiger partial charge in [0.05, 0.1) is 11.4 Å². The highest BCUT2D eigenvalue weighted by molar-refractivity contribution is 7.86. The third-order valence-electron chi connectivity index (χ3n) is 3.39. The van der Waals surface area contributed by atoms with Crippen molar-refractivity contribution >= 4 is 21.8 Å². The van der Waals surface area contributed by atoms with Crippen molar-refractivity contribution in [1.29, 1.82) is 0 Å². The van der Waals surface area contributed by atoms with Crippen LogP contribution in [-0.2, 0) is 15.0 Å². The quantitative estimate of drug-likeness (QED) is 0.751. The first-order valence-corrected chi connectivity index (χ1v) is 8.04. The Labute approximate surface area is 125 Å². The van der Waals surface area contributed by atoms with Crippen molar-refractivity contribution in [1.82, 2.24) is 20.2 Å². The Bertz CT molecular complexity index is 793. The smallest absolute Gasteiger partial charge is 0.302 e. The molecule has 8 nitrogen and oxygen atoms in total. The van der Waals surface area contributed by atoms with Crippen molar-refractivity contribution in [2.24, 2.45) is 5.92 Å². The lowest BCUT2D eigenvalue weighted by Gasteiger charge is -2.17. The zero-order valence-electron chi connectivity index (χ0n) is 11.3. The summed E-state index contributed by atoms with van der Waals surface area (Å²) in [5, 5.41) is 10.8. The number of carbonyl (C=O) groups is 1. The minimum atomic E-state index is -4.59. The lowest BCUT2D eigenvalue weighted by molar-refractivity contribution is -0.117. The van der Waals surface area contributed by atoms with Crippen molar-refractivity contribution in [3.05, 3.63) is 30.6 Å². The third-order valence-corrected chi connectivity index (χ3v) is 4.26. The Kier molecular flexibility index (Phi) is 3.61. The molecule has 3 rings (SSSR count). The molecule has 1 aromatic carbocycles. The minimum Gasteiger partial charge on any atom is -0.312 e. The van der Waals surface area contributed by atoms with Crippen LogP contribution in [0.1, 0.15) is 6.42 Å². The zero-order valence-corrected chi connectivity index (χ0v) is 12.1. The highest BCUT2D eigenvalue weighted by atomic mass is 32.3. The van der Waals surface area contributed by atoms with Gasteiger partial charge in [0, 0.05) is 24.6 Å². The Morgan fingerprint density at radius 3 is 2.77 bits per heavy atom. The van der Waals surface area contributed by atoms with Crippen LogP contribution in [0.25, 0.3) is 5.69 Å². The number of anilines is 1. The van der Waals surface area contributed by atoms with Crippen LogP contribution in [0.15, 0.2) is 30.6 Å². The average molecular weight is 325 g/mol. The van der Waals surface area contributed by atoms with Gasteiger partial charge in [0.2, 0.25) is 5.91 Å². The molecule has 1 fully saturated rings. The number of hydrogen-bond acceptors (Lipinski definition) is 6. The van der Waals surface area contributed by atoms with Crippen LogP contribution in [-0.4, -0.2) is 46.8 Å². The van der Waals surface area contributed by atoms with Gasteiger partial charge in [0.25, 0.3) is 0 Å². The lowest BCUT2D eigenvalue weighted by Crippen LogP contribution is -2.25. The molecular formula is C12H12FN5O3S. The summed E-state index contributed by atoms with van der Waals surface area (Å²) < 4.78 is 35.7. The van der Waals surface area contributed by atoms with Crippen LogP contribution < -0.4 is 4.90 Å². The summed E-state index contributed by atoms with van der Waals surface area (Å²) in [6.45, 7) is 0.168. The number of benzene rings is 1. The van der Waals surface area contributed by atoms with Crippen molar-refractivity contribution in [3.63, 3.8) is 0 Å². The van der Waals surface area contributed by atoms with Crippen LogP contribution in [0, 0.1) is 5.92 Å². The Hall–Kier alpha value is -2.36. The molecule has 0 spiro atoms. The molecule has 22 heavy (non-hydrogen) atoms. The van der Waals surface area contributed by atoms with Gasteiger partial charge in [0.1, 0.15) is 6.33 Å². The first kappa shape index (κ1) is 14.6. The van der Waals surface area contributed by atoms with Crippen molar-refractivity contribution < 1.29 is 17.1 Å². The first-order valence-electron chi connectivity index (χ1n) is 6.48. The predicted octanol–water partition coefficient (Wildman–Crippen LogP) is 0.315. The molecule has 1 amide bonds. The van der Waals surface area contributed by atoms with E-state index in [1.54, 1.807) is 24.3 Å². The predicted molar refractivity (Wildman–Crippen MR) is 74.5 cm³/mol. The van der Waals surface area contributed by atoms with Gasteiger partial charge < -0.3 is 4.90 Å². The molecule has 1 saturated heterocycles. The number of hydrogen-bond donors (Lipinski definition) is 0. The molecule has 0 N–H and O–H groups in total. The van der Waals surface area contributed by atoms with E-state index < -0.39 is 21.9 Å². The van der Waals surface area contributed by atoms with Crippen LogP contribution in [0.3, 0.4) is 0 Å². The number of tetrazole rings is 1. The first-order chi connectivity index (χ1) is 10.4. The summed E-state index contributed by atoms with van der Waals surface area (Å²) in [5.74, 6) is -1.41. The molecule has 1 aliphatic heterocycles. The van der Waals surface area contributed by atoms with Crippen LogP contribution in [0.5, 0.6) is 0 Å². The lowest BCUT2D eigenvalue weighted by atomic mass is 10.1. The molecule has 1 unspecified atom stereocenters. The standard InChI is InChI=1S/C12H12FN5O3S/c13-22(20,21)7-9-4-12(19)17(6-9)10-2-1-3-11(5-10)18-8-14-15-16-18/h1-3,5,8-9H,4,6-7H2. The number of halogens is 1. The van der Waals surface area contributed by atoms with Gasteiger partial charge in [-0.1, -0.05) is 6.07 Å². The maximum absolute atomic E-state index is 12.8. The molecule has 1 aromatic heterocycles. The van der Waals surface area contributed by atoms with E-state index >= 15 is 0 Å². The molecular weight excluding hydrogens is 313 g/mol. The second-order valence-corrected chi connectivity index (χ2v) is 6.47. The summed E-state index contributed by atoms with van der Waals surface area (Å²) in [6, 6.07) is 6.93. The minimum absolute atomic E-state index is 0.0122. The van der Waals surface area contributed by atoms with Gasteiger partial charge in [-0.25, -0.2) is 4.68 Å². The second kappa shape index (κ2) is 5.44. The Balaban J connectivity index is 1.83. The van der Waals surface area contributed by atoms with Crippen molar-refractivity contribution in [2.45, 2.75) is 6.42 Å². The van der Waals surface area contributed by atoms with E-state index in [1.165, 1.54) is 15.9 Å². The molecule has 2 aromatic rings. The van der Waals surface area contributed by atoms with Crippen LogP contribution in [0.4, 0.5) is 9.57 Å². The molecule has 1 atom stereocenters. The normalized spacial score (nSPS) is 18.9. The van der Waals surface area contributed by atoms with Crippen molar-refractivity contribution in [2.75, 3.05) is 17.2 Å². The van der Waals surface area contributed by atoms with Crippen LogP contribution in [0.2, 0.25) is 0 Å². The maximum atomic E-state index is 12.8. The van der Waals surface area contributed by atoms with E-state index in [2.05, 4.69) is 15.5 Å². The van der Waals surface area contributed by atoms with Crippen LogP contribution >= 0.6 is 0 Å². The average Bonchev–Trinajstić information content (AvgIpc) is 3.07. The van der Waals surface area contributed by atoms with Crippen molar-refractivity contribution in [3.8, 4) is 5.69 Å². The molecule has 116 valence electrons. The van der Waals surface area contributed by atoms with E-state index in [1.807, 2.05) is 0 Å².